The van der Waals surface area contributed by atoms with Gasteiger partial charge in [0.2, 0.25) is 5.91 Å². The predicted molar refractivity (Wildman–Crippen MR) is 75.2 cm³/mol. The van der Waals surface area contributed by atoms with Crippen LogP contribution in [-0.2, 0) is 14.6 Å². The number of carbonyl (C=O) groups excluding carboxylic acids is 1. The Morgan fingerprint density at radius 3 is 2.60 bits per heavy atom. The standard InChI is InChI=1S/C12H23N3O4S/c16-7-6-15(11-1-8-20(18,19)10-11)12(17)9-14-4-2-13-3-5-14/h11,13,16H,1-10H2. The summed E-state index contributed by atoms with van der Waals surface area (Å²) in [5, 5.41) is 12.3. The van der Waals surface area contributed by atoms with Crippen molar-refractivity contribution in [1.29, 1.82) is 0 Å². The van der Waals surface area contributed by atoms with Gasteiger partial charge in [-0.2, -0.15) is 0 Å². The quantitative estimate of drug-likeness (QED) is 0.605. The van der Waals surface area contributed by atoms with Crippen molar-refractivity contribution in [3.05, 3.63) is 0 Å². The number of nitrogens with one attached hydrogen (secondary N) is 1. The van der Waals surface area contributed by atoms with Gasteiger partial charge in [-0.1, -0.05) is 0 Å². The van der Waals surface area contributed by atoms with Gasteiger partial charge in [-0.3, -0.25) is 9.69 Å². The lowest BCUT2D eigenvalue weighted by atomic mass is 10.2. The molecule has 2 fully saturated rings. The summed E-state index contributed by atoms with van der Waals surface area (Å²) in [6.45, 7) is 3.76. The van der Waals surface area contributed by atoms with Crippen LogP contribution in [0.15, 0.2) is 0 Å². The summed E-state index contributed by atoms with van der Waals surface area (Å²) in [4.78, 5) is 16.0. The molecule has 0 radical (unpaired) electrons. The first kappa shape index (κ1) is 15.7. The molecule has 2 aliphatic rings. The number of piperazine rings is 1. The first-order valence-electron chi connectivity index (χ1n) is 7.05. The van der Waals surface area contributed by atoms with Gasteiger partial charge >= 0.3 is 0 Å². The summed E-state index contributed by atoms with van der Waals surface area (Å²) in [5.74, 6) is 0.0870. The minimum Gasteiger partial charge on any atom is -0.395 e. The highest BCUT2D eigenvalue weighted by Gasteiger charge is 2.34. The predicted octanol–water partition coefficient (Wildman–Crippen LogP) is -2.10. The fraction of sp³-hybridized carbons (Fsp3) is 0.917. The molecule has 2 heterocycles. The van der Waals surface area contributed by atoms with Gasteiger partial charge in [0.1, 0.15) is 0 Å². The molecule has 116 valence electrons. The molecule has 8 heteroatoms. The van der Waals surface area contributed by atoms with E-state index in [1.54, 1.807) is 4.90 Å². The third-order valence-electron chi connectivity index (χ3n) is 3.88. The number of amides is 1. The van der Waals surface area contributed by atoms with E-state index in [2.05, 4.69) is 10.2 Å². The third kappa shape index (κ3) is 4.15. The van der Waals surface area contributed by atoms with Crippen LogP contribution < -0.4 is 5.32 Å². The summed E-state index contributed by atoms with van der Waals surface area (Å²) < 4.78 is 23.1. The molecule has 2 N–H and O–H groups in total. The van der Waals surface area contributed by atoms with E-state index in [4.69, 9.17) is 5.11 Å². The van der Waals surface area contributed by atoms with E-state index in [1.165, 1.54) is 0 Å². The topological polar surface area (TPSA) is 89.9 Å². The molecule has 0 aromatic rings. The fourth-order valence-corrected chi connectivity index (χ4v) is 4.52. The lowest BCUT2D eigenvalue weighted by Crippen LogP contribution is -2.51. The van der Waals surface area contributed by atoms with Crippen molar-refractivity contribution in [3.63, 3.8) is 0 Å². The molecule has 1 unspecified atom stereocenters. The van der Waals surface area contributed by atoms with Crippen LogP contribution in [0.25, 0.3) is 0 Å². The second-order valence-corrected chi connectivity index (χ2v) is 7.62. The molecule has 0 saturated carbocycles. The second kappa shape index (κ2) is 6.84. The Kier molecular flexibility index (Phi) is 5.36. The number of rotatable bonds is 5. The summed E-state index contributed by atoms with van der Waals surface area (Å²) in [7, 11) is -3.02. The van der Waals surface area contributed by atoms with Gasteiger partial charge in [-0.25, -0.2) is 8.42 Å². The molecule has 2 aliphatic heterocycles. The average molecular weight is 305 g/mol. The molecular weight excluding hydrogens is 282 g/mol. The lowest BCUT2D eigenvalue weighted by Gasteiger charge is -2.32. The first-order valence-corrected chi connectivity index (χ1v) is 8.88. The Bertz CT molecular complexity index is 434. The highest BCUT2D eigenvalue weighted by molar-refractivity contribution is 7.91. The zero-order chi connectivity index (χ0) is 14.6. The third-order valence-corrected chi connectivity index (χ3v) is 5.63. The summed E-state index contributed by atoms with van der Waals surface area (Å²) in [6.07, 6.45) is 0.482. The van der Waals surface area contributed by atoms with E-state index in [0.29, 0.717) is 13.0 Å². The maximum Gasteiger partial charge on any atom is 0.237 e. The van der Waals surface area contributed by atoms with Crippen molar-refractivity contribution in [1.82, 2.24) is 15.1 Å². The molecule has 2 rings (SSSR count). The number of aliphatic hydroxyl groups is 1. The summed E-state index contributed by atoms with van der Waals surface area (Å²) in [6, 6.07) is -0.275. The smallest absolute Gasteiger partial charge is 0.237 e. The highest BCUT2D eigenvalue weighted by atomic mass is 32.2. The van der Waals surface area contributed by atoms with Crippen LogP contribution in [0.2, 0.25) is 0 Å². The van der Waals surface area contributed by atoms with Crippen molar-refractivity contribution in [2.75, 3.05) is 57.4 Å². The van der Waals surface area contributed by atoms with Gasteiger partial charge in [-0.15, -0.1) is 0 Å². The van der Waals surface area contributed by atoms with Crippen LogP contribution in [0.4, 0.5) is 0 Å². The maximum atomic E-state index is 12.4. The second-order valence-electron chi connectivity index (χ2n) is 5.39. The highest BCUT2D eigenvalue weighted by Crippen LogP contribution is 2.18. The normalized spacial score (nSPS) is 26.6. The molecule has 20 heavy (non-hydrogen) atoms. The minimum atomic E-state index is -3.02. The van der Waals surface area contributed by atoms with Crippen molar-refractivity contribution < 1.29 is 18.3 Å². The number of aliphatic hydroxyl groups excluding tert-OH is 1. The van der Waals surface area contributed by atoms with E-state index in [0.717, 1.165) is 26.2 Å². The molecule has 0 aromatic heterocycles. The van der Waals surface area contributed by atoms with E-state index >= 15 is 0 Å². The van der Waals surface area contributed by atoms with Gasteiger partial charge in [-0.05, 0) is 6.42 Å². The Hall–Kier alpha value is -0.700. The molecule has 1 atom stereocenters. The number of hydrogen-bond acceptors (Lipinski definition) is 6. The molecule has 2 saturated heterocycles. The maximum absolute atomic E-state index is 12.4. The lowest BCUT2D eigenvalue weighted by molar-refractivity contribution is -0.135. The number of sulfone groups is 1. The van der Waals surface area contributed by atoms with Gasteiger partial charge in [0.05, 0.1) is 24.7 Å². The molecule has 1 amide bonds. The zero-order valence-electron chi connectivity index (χ0n) is 11.6. The first-order chi connectivity index (χ1) is 9.52. The monoisotopic (exact) mass is 305 g/mol. The van der Waals surface area contributed by atoms with Gasteiger partial charge in [0.15, 0.2) is 9.84 Å². The average Bonchev–Trinajstić information content (AvgIpc) is 2.77. The SMILES string of the molecule is O=C(CN1CCNCC1)N(CCO)C1CCS(=O)(=O)C1. The van der Waals surface area contributed by atoms with Crippen molar-refractivity contribution in [2.45, 2.75) is 12.5 Å². The van der Waals surface area contributed by atoms with Crippen LogP contribution in [0.1, 0.15) is 6.42 Å². The fourth-order valence-electron chi connectivity index (χ4n) is 2.79. The zero-order valence-corrected chi connectivity index (χ0v) is 12.4. The van der Waals surface area contributed by atoms with Crippen molar-refractivity contribution in [2.24, 2.45) is 0 Å². The summed E-state index contributed by atoms with van der Waals surface area (Å²) in [5.41, 5.74) is 0. The summed E-state index contributed by atoms with van der Waals surface area (Å²) >= 11 is 0. The largest absolute Gasteiger partial charge is 0.395 e. The molecule has 0 spiro atoms. The Balaban J connectivity index is 1.95. The Morgan fingerprint density at radius 1 is 1.35 bits per heavy atom. The number of hydrogen-bond donors (Lipinski definition) is 2. The van der Waals surface area contributed by atoms with E-state index in [1.807, 2.05) is 0 Å². The molecule has 0 bridgehead atoms. The molecule has 0 aromatic carbocycles. The van der Waals surface area contributed by atoms with Crippen LogP contribution in [0, 0.1) is 0 Å². The van der Waals surface area contributed by atoms with Gasteiger partial charge < -0.3 is 15.3 Å². The minimum absolute atomic E-state index is 0.0281. The molecule has 7 nitrogen and oxygen atoms in total. The van der Waals surface area contributed by atoms with Crippen LogP contribution in [-0.4, -0.2) is 92.7 Å². The Labute approximate surface area is 119 Å². The van der Waals surface area contributed by atoms with E-state index < -0.39 is 9.84 Å². The molecular formula is C12H23N3O4S. The van der Waals surface area contributed by atoms with Crippen molar-refractivity contribution in [3.8, 4) is 0 Å². The van der Waals surface area contributed by atoms with E-state index in [9.17, 15) is 13.2 Å². The molecule has 0 aliphatic carbocycles. The van der Waals surface area contributed by atoms with Crippen LogP contribution in [0.5, 0.6) is 0 Å². The van der Waals surface area contributed by atoms with Crippen molar-refractivity contribution >= 4 is 15.7 Å². The number of nitrogens with zero attached hydrogens (tertiary/aromatic N) is 2. The van der Waals surface area contributed by atoms with Crippen LogP contribution in [0.3, 0.4) is 0 Å². The van der Waals surface area contributed by atoms with Crippen LogP contribution >= 0.6 is 0 Å². The Morgan fingerprint density at radius 2 is 2.05 bits per heavy atom. The van der Waals surface area contributed by atoms with E-state index in [-0.39, 0.29) is 36.6 Å². The van der Waals surface area contributed by atoms with Gasteiger partial charge in [0.25, 0.3) is 0 Å². The number of carbonyl (C=O) groups is 1. The van der Waals surface area contributed by atoms with Gasteiger partial charge in [0, 0.05) is 38.8 Å².